The highest BCUT2D eigenvalue weighted by atomic mass is 32.1. The van der Waals surface area contributed by atoms with Crippen molar-refractivity contribution in [1.29, 1.82) is 0 Å². The number of benzene rings is 1. The van der Waals surface area contributed by atoms with Gasteiger partial charge in [-0.05, 0) is 25.5 Å². The van der Waals surface area contributed by atoms with E-state index in [4.69, 9.17) is 9.59 Å². The molecule has 0 spiro atoms. The average Bonchev–Trinajstić information content (AvgIpc) is 3.26. The number of aromatic amines is 1. The molecule has 0 unspecified atom stereocenters. The van der Waals surface area contributed by atoms with E-state index in [0.717, 1.165) is 10.1 Å². The van der Waals surface area contributed by atoms with Gasteiger partial charge in [0.2, 0.25) is 0 Å². The van der Waals surface area contributed by atoms with Crippen LogP contribution in [0.3, 0.4) is 0 Å². The summed E-state index contributed by atoms with van der Waals surface area (Å²) >= 11 is 1.30. The number of carboxylic acid groups (broad SMARTS) is 1. The van der Waals surface area contributed by atoms with Crippen molar-refractivity contribution in [2.75, 3.05) is 0 Å². The van der Waals surface area contributed by atoms with E-state index >= 15 is 0 Å². The molecule has 0 saturated heterocycles. The van der Waals surface area contributed by atoms with Crippen molar-refractivity contribution < 1.29 is 19.5 Å². The summed E-state index contributed by atoms with van der Waals surface area (Å²) in [6, 6.07) is 5.53. The van der Waals surface area contributed by atoms with Crippen LogP contribution in [-0.2, 0) is 16.1 Å². The Bertz CT molecular complexity index is 1420. The van der Waals surface area contributed by atoms with Crippen molar-refractivity contribution in [3.05, 3.63) is 61.1 Å². The van der Waals surface area contributed by atoms with Gasteiger partial charge < -0.3 is 14.7 Å². The van der Waals surface area contributed by atoms with E-state index in [1.54, 1.807) is 15.3 Å². The summed E-state index contributed by atoms with van der Waals surface area (Å²) < 4.78 is 2.61. The molecule has 3 heterocycles. The zero-order valence-corrected chi connectivity index (χ0v) is 16.9. The van der Waals surface area contributed by atoms with Crippen LogP contribution in [0, 0.1) is 6.92 Å². The summed E-state index contributed by atoms with van der Waals surface area (Å²) in [5.41, 5.74) is 0.951. The molecule has 9 nitrogen and oxygen atoms in total. The van der Waals surface area contributed by atoms with Crippen LogP contribution >= 0.6 is 11.3 Å². The number of carbonyl (C=O) groups is 1. The van der Waals surface area contributed by atoms with E-state index in [2.05, 4.69) is 4.98 Å². The maximum atomic E-state index is 13.0. The molecule has 154 valence electrons. The number of fused-ring (bicyclic) bond motifs is 2. The van der Waals surface area contributed by atoms with Crippen molar-refractivity contribution in [2.24, 2.45) is 0 Å². The number of carbonyl (C=O) groups excluding carboxylic acids is 2. The molecular formula is C20H17N3O6S. The second kappa shape index (κ2) is 8.32. The van der Waals surface area contributed by atoms with Crippen molar-refractivity contribution in [3.8, 4) is 5.69 Å². The van der Waals surface area contributed by atoms with Crippen molar-refractivity contribution in [1.82, 2.24) is 14.1 Å². The number of rotatable bonds is 4. The van der Waals surface area contributed by atoms with Gasteiger partial charge in [0, 0.05) is 22.7 Å². The number of hydrogen-bond acceptors (Lipinski definition) is 6. The highest BCUT2D eigenvalue weighted by molar-refractivity contribution is 7.09. The summed E-state index contributed by atoms with van der Waals surface area (Å²) in [6.07, 6.45) is 0.964. The van der Waals surface area contributed by atoms with E-state index in [1.165, 1.54) is 11.3 Å². The van der Waals surface area contributed by atoms with Gasteiger partial charge in [0.25, 0.3) is 5.56 Å². The predicted molar refractivity (Wildman–Crippen MR) is 111 cm³/mol. The lowest BCUT2D eigenvalue weighted by Crippen LogP contribution is -2.34. The lowest BCUT2D eigenvalue weighted by Gasteiger charge is -2.08. The Balaban J connectivity index is 0.000000806. The molecule has 0 saturated carbocycles. The zero-order chi connectivity index (χ0) is 22.0. The first-order valence-corrected chi connectivity index (χ1v) is 9.87. The topological polar surface area (TPSA) is 131 Å². The predicted octanol–water partition coefficient (Wildman–Crippen LogP) is 2.53. The van der Waals surface area contributed by atoms with Gasteiger partial charge in [0.15, 0.2) is 5.69 Å². The zero-order valence-electron chi connectivity index (χ0n) is 16.1. The van der Waals surface area contributed by atoms with Gasteiger partial charge in [-0.3, -0.25) is 4.79 Å². The molecule has 0 fully saturated rings. The van der Waals surface area contributed by atoms with E-state index < -0.39 is 17.2 Å². The monoisotopic (exact) mass is 427 g/mol. The van der Waals surface area contributed by atoms with Gasteiger partial charge in [0.1, 0.15) is 0 Å². The van der Waals surface area contributed by atoms with Crippen LogP contribution in [-0.4, -0.2) is 31.3 Å². The molecule has 4 rings (SSSR count). The number of thiophene rings is 1. The molecule has 0 aliphatic rings. The van der Waals surface area contributed by atoms with Gasteiger partial charge in [-0.1, -0.05) is 18.6 Å². The molecule has 4 aromatic rings. The standard InChI is InChI=1S/C19H17N3O4S.CO2/c1-3-6-21-14-5-4-10(2)7-11(14)15(16(21)18(24)25)22-17(23)12-8-27-9-13(12)20-19(22)26;2-1-3/h4-5,7-9H,3,6H2,1-2H3,(H,20,26)(H,24,25);. The molecule has 10 heteroatoms. The Morgan fingerprint density at radius 3 is 2.53 bits per heavy atom. The SMILES string of the molecule is CCCn1c(C(=O)O)c(-n2c(=O)[nH]c3cscc3c2=O)c2cc(C)ccc21.O=C=O. The lowest BCUT2D eigenvalue weighted by atomic mass is 10.1. The molecule has 1 aromatic carbocycles. The quantitative estimate of drug-likeness (QED) is 0.514. The number of aromatic nitrogens is 3. The lowest BCUT2D eigenvalue weighted by molar-refractivity contribution is -0.191. The van der Waals surface area contributed by atoms with E-state index in [1.807, 2.05) is 32.0 Å². The third-order valence-corrected chi connectivity index (χ3v) is 5.35. The number of aromatic carboxylic acids is 1. The number of aryl methyl sites for hydroxylation is 2. The second-order valence-electron chi connectivity index (χ2n) is 6.53. The number of carboxylic acids is 1. The molecule has 2 N–H and O–H groups in total. The van der Waals surface area contributed by atoms with E-state index in [9.17, 15) is 19.5 Å². The van der Waals surface area contributed by atoms with Crippen LogP contribution in [0.25, 0.3) is 27.5 Å². The van der Waals surface area contributed by atoms with Crippen LogP contribution < -0.4 is 11.2 Å². The fourth-order valence-electron chi connectivity index (χ4n) is 3.50. The molecule has 0 aliphatic heterocycles. The van der Waals surface area contributed by atoms with Crippen molar-refractivity contribution in [3.63, 3.8) is 0 Å². The minimum absolute atomic E-state index is 0.0559. The Labute approximate surface area is 172 Å². The molecule has 0 bridgehead atoms. The Kier molecular flexibility index (Phi) is 5.81. The van der Waals surface area contributed by atoms with Crippen LogP contribution in [0.2, 0.25) is 0 Å². The summed E-state index contributed by atoms with van der Waals surface area (Å²) in [4.78, 5) is 56.8. The van der Waals surface area contributed by atoms with Gasteiger partial charge in [-0.2, -0.15) is 9.59 Å². The summed E-state index contributed by atoms with van der Waals surface area (Å²) in [7, 11) is 0. The first-order chi connectivity index (χ1) is 14.3. The molecular weight excluding hydrogens is 410 g/mol. The molecule has 3 aromatic heterocycles. The minimum Gasteiger partial charge on any atom is -0.477 e. The molecule has 0 amide bonds. The third-order valence-electron chi connectivity index (χ3n) is 4.61. The first kappa shape index (κ1) is 21.0. The van der Waals surface area contributed by atoms with Crippen LogP contribution in [0.5, 0.6) is 0 Å². The molecule has 0 aliphatic carbocycles. The number of nitrogens with zero attached hydrogens (tertiary/aromatic N) is 2. The number of hydrogen-bond donors (Lipinski definition) is 2. The van der Waals surface area contributed by atoms with Crippen LogP contribution in [0.1, 0.15) is 29.4 Å². The molecule has 0 radical (unpaired) electrons. The van der Waals surface area contributed by atoms with Crippen molar-refractivity contribution in [2.45, 2.75) is 26.8 Å². The molecule has 0 atom stereocenters. The smallest absolute Gasteiger partial charge is 0.373 e. The van der Waals surface area contributed by atoms with E-state index in [-0.39, 0.29) is 17.5 Å². The van der Waals surface area contributed by atoms with Crippen molar-refractivity contribution >= 4 is 45.3 Å². The summed E-state index contributed by atoms with van der Waals surface area (Å²) in [6.45, 7) is 4.30. The second-order valence-corrected chi connectivity index (χ2v) is 7.27. The molecule has 30 heavy (non-hydrogen) atoms. The maximum absolute atomic E-state index is 13.0. The van der Waals surface area contributed by atoms with Gasteiger partial charge >= 0.3 is 17.8 Å². The summed E-state index contributed by atoms with van der Waals surface area (Å²) in [5, 5.41) is 14.2. The van der Waals surface area contributed by atoms with E-state index in [0.29, 0.717) is 34.8 Å². The van der Waals surface area contributed by atoms with Gasteiger partial charge in [-0.25, -0.2) is 14.2 Å². The number of H-pyrrole nitrogens is 1. The first-order valence-electron chi connectivity index (χ1n) is 8.92. The van der Waals surface area contributed by atoms with Gasteiger partial charge in [0.05, 0.1) is 22.1 Å². The maximum Gasteiger partial charge on any atom is 0.373 e. The third kappa shape index (κ3) is 3.38. The highest BCUT2D eigenvalue weighted by Crippen LogP contribution is 2.30. The van der Waals surface area contributed by atoms with Gasteiger partial charge in [-0.15, -0.1) is 11.3 Å². The Hall–Kier alpha value is -3.75. The average molecular weight is 427 g/mol. The normalized spacial score (nSPS) is 10.6. The fourth-order valence-corrected chi connectivity index (χ4v) is 4.25. The largest absolute Gasteiger partial charge is 0.477 e. The number of nitrogens with one attached hydrogen (secondary N) is 1. The fraction of sp³-hybridized carbons (Fsp3) is 0.200. The van der Waals surface area contributed by atoms with Crippen LogP contribution in [0.15, 0.2) is 38.5 Å². The Morgan fingerprint density at radius 1 is 1.20 bits per heavy atom. The van der Waals surface area contributed by atoms with Crippen LogP contribution in [0.4, 0.5) is 0 Å². The summed E-state index contributed by atoms with van der Waals surface area (Å²) in [5.74, 6) is -1.18. The Morgan fingerprint density at radius 2 is 1.90 bits per heavy atom. The highest BCUT2D eigenvalue weighted by Gasteiger charge is 2.26. The minimum atomic E-state index is -1.18.